The van der Waals surface area contributed by atoms with E-state index in [2.05, 4.69) is 27.5 Å². The molecular weight excluding hydrogens is 384 g/mol. The van der Waals surface area contributed by atoms with Crippen LogP contribution < -0.4 is 20.1 Å². The fraction of sp³-hybridized carbons (Fsp3) is 0.474. The zero-order valence-electron chi connectivity index (χ0n) is 15.7. The zero-order chi connectivity index (χ0) is 19.1. The zero-order valence-corrected chi connectivity index (χ0v) is 17.3. The van der Waals surface area contributed by atoms with Crippen molar-refractivity contribution in [2.45, 2.75) is 26.2 Å². The normalized spacial score (nSPS) is 13.5. The molecule has 0 unspecified atom stereocenters. The summed E-state index contributed by atoms with van der Waals surface area (Å²) in [5.74, 6) is 2.15. The van der Waals surface area contributed by atoms with Crippen molar-refractivity contribution in [3.63, 3.8) is 0 Å². The van der Waals surface area contributed by atoms with Crippen LogP contribution in [0.15, 0.2) is 23.3 Å². The van der Waals surface area contributed by atoms with E-state index in [1.165, 1.54) is 4.88 Å². The number of ether oxygens (including phenoxy) is 2. The molecule has 0 spiro atoms. The third-order valence-corrected chi connectivity index (χ3v) is 5.65. The molecule has 1 aromatic heterocycles. The van der Waals surface area contributed by atoms with Gasteiger partial charge >= 0.3 is 0 Å². The number of nitrogens with one attached hydrogen (secondary N) is 2. The summed E-state index contributed by atoms with van der Waals surface area (Å²) >= 11 is 8.06. The third-order valence-electron chi connectivity index (χ3n) is 4.17. The quantitative estimate of drug-likeness (QED) is 0.544. The van der Waals surface area contributed by atoms with Gasteiger partial charge in [-0.15, -0.1) is 11.3 Å². The van der Waals surface area contributed by atoms with Crippen LogP contribution in [0.4, 0.5) is 0 Å². The summed E-state index contributed by atoms with van der Waals surface area (Å²) < 4.78 is 11.2. The van der Waals surface area contributed by atoms with Crippen LogP contribution in [0.5, 0.6) is 11.5 Å². The van der Waals surface area contributed by atoms with Gasteiger partial charge in [-0.2, -0.15) is 0 Å². The summed E-state index contributed by atoms with van der Waals surface area (Å²) in [6, 6.07) is 3.92. The second-order valence-electron chi connectivity index (χ2n) is 6.10. The number of aromatic nitrogens is 1. The third kappa shape index (κ3) is 5.49. The molecule has 1 aliphatic heterocycles. The van der Waals surface area contributed by atoms with E-state index in [-0.39, 0.29) is 0 Å². The molecule has 0 saturated carbocycles. The Hall–Kier alpha value is -1.99. The van der Waals surface area contributed by atoms with Gasteiger partial charge in [0, 0.05) is 37.6 Å². The summed E-state index contributed by atoms with van der Waals surface area (Å²) in [5.41, 5.74) is 1.10. The van der Waals surface area contributed by atoms with Crippen LogP contribution >= 0.6 is 22.9 Å². The highest BCUT2D eigenvalue weighted by molar-refractivity contribution is 7.11. The molecular formula is C19H25ClN4O2S. The van der Waals surface area contributed by atoms with Gasteiger partial charge in [0.15, 0.2) is 17.5 Å². The lowest BCUT2D eigenvalue weighted by Gasteiger charge is -2.20. The molecule has 0 fully saturated rings. The maximum Gasteiger partial charge on any atom is 0.191 e. The van der Waals surface area contributed by atoms with Gasteiger partial charge < -0.3 is 20.1 Å². The van der Waals surface area contributed by atoms with Crippen LogP contribution in [0.1, 0.15) is 22.4 Å². The lowest BCUT2D eigenvalue weighted by atomic mass is 10.1. The van der Waals surface area contributed by atoms with Gasteiger partial charge in [-0.1, -0.05) is 18.5 Å². The fourth-order valence-electron chi connectivity index (χ4n) is 2.77. The maximum absolute atomic E-state index is 6.29. The van der Waals surface area contributed by atoms with Crippen molar-refractivity contribution in [3.8, 4) is 11.5 Å². The first kappa shape index (κ1) is 19.8. The van der Waals surface area contributed by atoms with E-state index in [0.29, 0.717) is 24.0 Å². The molecule has 3 rings (SSSR count). The Balaban J connectivity index is 1.43. The SMILES string of the molecule is CCc1cnc(CCNC(=NC)NCCc2cc(Cl)c3c(c2)OCCO3)s1. The highest BCUT2D eigenvalue weighted by atomic mass is 35.5. The lowest BCUT2D eigenvalue weighted by Crippen LogP contribution is -2.39. The summed E-state index contributed by atoms with van der Waals surface area (Å²) in [5, 5.41) is 8.40. The Kier molecular flexibility index (Phi) is 7.18. The number of nitrogens with zero attached hydrogens (tertiary/aromatic N) is 2. The number of aryl methyl sites for hydroxylation is 1. The monoisotopic (exact) mass is 408 g/mol. The molecule has 6 nitrogen and oxygen atoms in total. The highest BCUT2D eigenvalue weighted by Gasteiger charge is 2.16. The van der Waals surface area contributed by atoms with Crippen LogP contribution in [0, 0.1) is 0 Å². The number of halogens is 1. The average Bonchev–Trinajstić information content (AvgIpc) is 3.15. The molecule has 0 radical (unpaired) electrons. The van der Waals surface area contributed by atoms with Crippen LogP contribution in [0.2, 0.25) is 5.02 Å². The molecule has 0 atom stereocenters. The Morgan fingerprint density at radius 3 is 2.74 bits per heavy atom. The van der Waals surface area contributed by atoms with Crippen molar-refractivity contribution >= 4 is 28.9 Å². The van der Waals surface area contributed by atoms with Crippen LogP contribution in [0.3, 0.4) is 0 Å². The average molecular weight is 409 g/mol. The summed E-state index contributed by atoms with van der Waals surface area (Å²) in [4.78, 5) is 10.0. The molecule has 0 aliphatic carbocycles. The van der Waals surface area contributed by atoms with Gasteiger partial charge in [0.25, 0.3) is 0 Å². The molecule has 8 heteroatoms. The first-order valence-electron chi connectivity index (χ1n) is 9.15. The Morgan fingerprint density at radius 2 is 2.00 bits per heavy atom. The molecule has 146 valence electrons. The van der Waals surface area contributed by atoms with E-state index in [1.54, 1.807) is 18.4 Å². The van der Waals surface area contributed by atoms with Crippen LogP contribution in [-0.2, 0) is 19.3 Å². The van der Waals surface area contributed by atoms with E-state index in [4.69, 9.17) is 21.1 Å². The smallest absolute Gasteiger partial charge is 0.191 e. The number of aliphatic imine (C=N–C) groups is 1. The fourth-order valence-corrected chi connectivity index (χ4v) is 3.92. The second kappa shape index (κ2) is 9.80. The molecule has 0 amide bonds. The predicted octanol–water partition coefficient (Wildman–Crippen LogP) is 3.08. The van der Waals surface area contributed by atoms with Crippen LogP contribution in [-0.4, -0.2) is 44.3 Å². The van der Waals surface area contributed by atoms with E-state index in [1.807, 2.05) is 18.3 Å². The lowest BCUT2D eigenvalue weighted by molar-refractivity contribution is 0.171. The van der Waals surface area contributed by atoms with E-state index in [9.17, 15) is 0 Å². The van der Waals surface area contributed by atoms with Gasteiger partial charge in [-0.25, -0.2) is 4.98 Å². The van der Waals surface area contributed by atoms with Gasteiger partial charge in [0.1, 0.15) is 13.2 Å². The minimum absolute atomic E-state index is 0.538. The number of hydrogen-bond acceptors (Lipinski definition) is 5. The van der Waals surface area contributed by atoms with Crippen molar-refractivity contribution in [1.82, 2.24) is 15.6 Å². The van der Waals surface area contributed by atoms with Crippen molar-refractivity contribution < 1.29 is 9.47 Å². The minimum Gasteiger partial charge on any atom is -0.486 e. The van der Waals surface area contributed by atoms with E-state index < -0.39 is 0 Å². The maximum atomic E-state index is 6.29. The predicted molar refractivity (Wildman–Crippen MR) is 111 cm³/mol. The second-order valence-corrected chi connectivity index (χ2v) is 7.71. The molecule has 2 N–H and O–H groups in total. The first-order chi connectivity index (χ1) is 13.2. The molecule has 1 aromatic carbocycles. The number of fused-ring (bicyclic) bond motifs is 1. The van der Waals surface area contributed by atoms with E-state index >= 15 is 0 Å². The summed E-state index contributed by atoms with van der Waals surface area (Å²) in [6.07, 6.45) is 4.70. The van der Waals surface area contributed by atoms with Crippen molar-refractivity contribution in [3.05, 3.63) is 38.8 Å². The largest absolute Gasteiger partial charge is 0.486 e. The number of thiazole rings is 1. The summed E-state index contributed by atoms with van der Waals surface area (Å²) in [7, 11) is 1.77. The molecule has 2 heterocycles. The number of hydrogen-bond donors (Lipinski definition) is 2. The number of benzene rings is 1. The van der Waals surface area contributed by atoms with Gasteiger partial charge in [0.05, 0.1) is 10.0 Å². The van der Waals surface area contributed by atoms with Gasteiger partial charge in [0.2, 0.25) is 0 Å². The van der Waals surface area contributed by atoms with Crippen molar-refractivity contribution in [2.75, 3.05) is 33.4 Å². The molecule has 1 aliphatic rings. The number of guanidine groups is 1. The topological polar surface area (TPSA) is 67.8 Å². The molecule has 27 heavy (non-hydrogen) atoms. The molecule has 0 saturated heterocycles. The van der Waals surface area contributed by atoms with Gasteiger partial charge in [-0.3, -0.25) is 4.99 Å². The van der Waals surface area contributed by atoms with E-state index in [0.717, 1.165) is 54.6 Å². The molecule has 2 aromatic rings. The van der Waals surface area contributed by atoms with Crippen LogP contribution in [0.25, 0.3) is 0 Å². The minimum atomic E-state index is 0.538. The van der Waals surface area contributed by atoms with Crippen molar-refractivity contribution in [2.24, 2.45) is 4.99 Å². The molecule has 0 bridgehead atoms. The Morgan fingerprint density at radius 1 is 1.22 bits per heavy atom. The number of rotatable bonds is 7. The Bertz CT molecular complexity index is 794. The highest BCUT2D eigenvalue weighted by Crippen LogP contribution is 2.38. The first-order valence-corrected chi connectivity index (χ1v) is 10.3. The Labute approximate surface area is 169 Å². The standard InChI is InChI=1S/C19H25ClN4O2S/c1-3-14-12-24-17(27-14)5-7-23-19(21-2)22-6-4-13-10-15(20)18-16(11-13)25-8-9-26-18/h10-12H,3-9H2,1-2H3,(H2,21,22,23). The van der Waals surface area contributed by atoms with Crippen molar-refractivity contribution in [1.29, 1.82) is 0 Å². The summed E-state index contributed by atoms with van der Waals surface area (Å²) in [6.45, 7) is 4.78. The van der Waals surface area contributed by atoms with Gasteiger partial charge in [-0.05, 0) is 30.5 Å².